The van der Waals surface area contributed by atoms with Crippen molar-refractivity contribution in [3.8, 4) is 0 Å². The zero-order chi connectivity index (χ0) is 21.4. The minimum atomic E-state index is -0.330. The van der Waals surface area contributed by atoms with E-state index >= 15 is 0 Å². The van der Waals surface area contributed by atoms with Crippen LogP contribution in [-0.2, 0) is 9.59 Å². The van der Waals surface area contributed by atoms with Crippen molar-refractivity contribution >= 4 is 11.8 Å². The van der Waals surface area contributed by atoms with Crippen molar-refractivity contribution < 1.29 is 9.59 Å². The molecule has 4 nitrogen and oxygen atoms in total. The molecule has 2 amide bonds. The van der Waals surface area contributed by atoms with E-state index in [1.807, 2.05) is 27.8 Å². The van der Waals surface area contributed by atoms with Gasteiger partial charge in [0.05, 0.1) is 0 Å². The Morgan fingerprint density at radius 1 is 1.07 bits per heavy atom. The van der Waals surface area contributed by atoms with Crippen molar-refractivity contribution in [2.24, 2.45) is 39.9 Å². The van der Waals surface area contributed by atoms with E-state index < -0.39 is 0 Å². The molecule has 8 atom stereocenters. The number of amides is 2. The molecule has 0 aromatic rings. The third kappa shape index (κ3) is 3.07. The molecule has 0 bridgehead atoms. The van der Waals surface area contributed by atoms with Gasteiger partial charge in [-0.2, -0.15) is 0 Å². The summed E-state index contributed by atoms with van der Waals surface area (Å²) in [5, 5.41) is 3.46. The van der Waals surface area contributed by atoms with Gasteiger partial charge < -0.3 is 10.2 Å². The minimum Gasteiger partial charge on any atom is -0.352 e. The molecule has 3 unspecified atom stereocenters. The quantitative estimate of drug-likeness (QED) is 0.695. The van der Waals surface area contributed by atoms with E-state index in [0.29, 0.717) is 42.2 Å². The van der Waals surface area contributed by atoms with Gasteiger partial charge in [0.15, 0.2) is 0 Å². The fraction of sp³-hybridized carbons (Fsp3) is 0.920. The first-order chi connectivity index (χ1) is 13.4. The van der Waals surface area contributed by atoms with Gasteiger partial charge in [-0.05, 0) is 73.0 Å². The van der Waals surface area contributed by atoms with Crippen molar-refractivity contribution in [3.05, 3.63) is 0 Å². The van der Waals surface area contributed by atoms with Crippen molar-refractivity contribution in [1.82, 2.24) is 10.2 Å². The molecule has 3 saturated carbocycles. The minimum absolute atomic E-state index is 0.197. The van der Waals surface area contributed by atoms with Gasteiger partial charge in [-0.15, -0.1) is 0 Å². The van der Waals surface area contributed by atoms with Gasteiger partial charge in [-0.25, -0.2) is 0 Å². The summed E-state index contributed by atoms with van der Waals surface area (Å²) in [6.07, 6.45) is 7.74. The summed E-state index contributed by atoms with van der Waals surface area (Å²) in [5.41, 5.74) is 0.146. The maximum Gasteiger partial charge on any atom is 0.225 e. The summed E-state index contributed by atoms with van der Waals surface area (Å²) in [4.78, 5) is 27.2. The Morgan fingerprint density at radius 2 is 1.72 bits per heavy atom. The molecule has 4 rings (SSSR count). The molecule has 4 heteroatoms. The van der Waals surface area contributed by atoms with Gasteiger partial charge in [0.1, 0.15) is 0 Å². The van der Waals surface area contributed by atoms with Gasteiger partial charge in [0.25, 0.3) is 0 Å². The molecule has 0 aromatic heterocycles. The van der Waals surface area contributed by atoms with Crippen LogP contribution in [0.5, 0.6) is 0 Å². The number of nitrogens with one attached hydrogen (secondary N) is 1. The molecule has 4 aliphatic rings. The van der Waals surface area contributed by atoms with Crippen LogP contribution < -0.4 is 5.32 Å². The first-order valence-corrected chi connectivity index (χ1v) is 12.0. The highest BCUT2D eigenvalue weighted by molar-refractivity contribution is 5.81. The lowest BCUT2D eigenvalue weighted by Crippen LogP contribution is -2.64. The Labute approximate surface area is 177 Å². The number of hydrogen-bond donors (Lipinski definition) is 1. The van der Waals surface area contributed by atoms with E-state index in [2.05, 4.69) is 31.0 Å². The fourth-order valence-corrected chi connectivity index (χ4v) is 8.07. The van der Waals surface area contributed by atoms with Crippen molar-refractivity contribution in [2.75, 3.05) is 7.05 Å². The van der Waals surface area contributed by atoms with Crippen molar-refractivity contribution in [3.63, 3.8) is 0 Å². The number of rotatable bonds is 1. The first kappa shape index (κ1) is 21.2. The van der Waals surface area contributed by atoms with Crippen molar-refractivity contribution in [1.29, 1.82) is 0 Å². The van der Waals surface area contributed by atoms with Crippen LogP contribution in [0, 0.1) is 39.9 Å². The van der Waals surface area contributed by atoms with E-state index in [9.17, 15) is 9.59 Å². The van der Waals surface area contributed by atoms with Crippen LogP contribution in [0.1, 0.15) is 86.5 Å². The maximum absolute atomic E-state index is 12.7. The number of fused-ring (bicyclic) bond motifs is 5. The third-order valence-electron chi connectivity index (χ3n) is 9.92. The number of hydrogen-bond acceptors (Lipinski definition) is 2. The molecular weight excluding hydrogens is 360 g/mol. The van der Waals surface area contributed by atoms with E-state index in [0.717, 1.165) is 25.2 Å². The number of nitrogens with zero attached hydrogens (tertiary/aromatic N) is 1. The highest BCUT2D eigenvalue weighted by Crippen LogP contribution is 2.65. The smallest absolute Gasteiger partial charge is 0.225 e. The molecular formula is C25H42N2O2. The Hall–Kier alpha value is -1.06. The number of carbonyl (C=O) groups excluding carboxylic acids is 2. The van der Waals surface area contributed by atoms with E-state index in [4.69, 9.17) is 0 Å². The fourth-order valence-electron chi connectivity index (χ4n) is 8.07. The number of carbonyl (C=O) groups is 2. The summed E-state index contributed by atoms with van der Waals surface area (Å²) in [6.45, 7) is 13.4. The van der Waals surface area contributed by atoms with Gasteiger partial charge in [-0.1, -0.05) is 41.5 Å². The van der Waals surface area contributed by atoms with Crippen LogP contribution in [0.15, 0.2) is 0 Å². The Balaban J connectivity index is 1.60. The summed E-state index contributed by atoms with van der Waals surface area (Å²) in [5.74, 6) is 3.32. The van der Waals surface area contributed by atoms with E-state index in [-0.39, 0.29) is 22.2 Å². The summed E-state index contributed by atoms with van der Waals surface area (Å²) in [7, 11) is 2.04. The lowest BCUT2D eigenvalue weighted by Gasteiger charge is -2.63. The predicted octanol–water partition coefficient (Wildman–Crippen LogP) is 4.63. The predicted molar refractivity (Wildman–Crippen MR) is 116 cm³/mol. The lowest BCUT2D eigenvalue weighted by atomic mass is 9.45. The van der Waals surface area contributed by atoms with Crippen LogP contribution in [0.4, 0.5) is 0 Å². The maximum atomic E-state index is 12.7. The summed E-state index contributed by atoms with van der Waals surface area (Å²) >= 11 is 0. The second kappa shape index (κ2) is 6.72. The molecule has 1 saturated heterocycles. The Bertz CT molecular complexity index is 697. The molecule has 0 spiro atoms. The third-order valence-corrected chi connectivity index (χ3v) is 9.92. The van der Waals surface area contributed by atoms with Gasteiger partial charge in [0, 0.05) is 31.0 Å². The molecule has 1 aliphatic heterocycles. The van der Waals surface area contributed by atoms with Gasteiger partial charge in [0.2, 0.25) is 11.8 Å². The first-order valence-electron chi connectivity index (χ1n) is 12.0. The van der Waals surface area contributed by atoms with E-state index in [1.54, 1.807) is 0 Å². The number of likely N-dealkylation sites (tertiary alicyclic amines) is 1. The van der Waals surface area contributed by atoms with Crippen molar-refractivity contribution in [2.45, 2.75) is 98.6 Å². The Morgan fingerprint density at radius 3 is 2.38 bits per heavy atom. The van der Waals surface area contributed by atoms with Crippen LogP contribution in [0.3, 0.4) is 0 Å². The highest BCUT2D eigenvalue weighted by atomic mass is 16.2. The molecule has 0 radical (unpaired) electrons. The molecule has 164 valence electrons. The Kier molecular flexibility index (Phi) is 4.91. The lowest BCUT2D eigenvalue weighted by molar-refractivity contribution is -0.165. The second-order valence-corrected chi connectivity index (χ2v) is 12.4. The largest absolute Gasteiger partial charge is 0.352 e. The molecule has 1 N–H and O–H groups in total. The monoisotopic (exact) mass is 402 g/mol. The molecule has 0 aromatic carbocycles. The SMILES string of the molecule is CC1CC2N(C)C(=O)CC[C@]2(C)[C@@H]2CC[C@]3(C)C(NC(=O)C(C)(C)C)CC[C@H]3[C@H]12. The van der Waals surface area contributed by atoms with Crippen LogP contribution >= 0.6 is 0 Å². The van der Waals surface area contributed by atoms with Crippen LogP contribution in [0.2, 0.25) is 0 Å². The zero-order valence-electron chi connectivity index (χ0n) is 19.7. The van der Waals surface area contributed by atoms with Crippen LogP contribution in [0.25, 0.3) is 0 Å². The normalized spacial score (nSPS) is 47.3. The summed E-state index contributed by atoms with van der Waals surface area (Å²) in [6, 6.07) is 0.718. The topological polar surface area (TPSA) is 49.4 Å². The highest BCUT2D eigenvalue weighted by Gasteiger charge is 2.63. The van der Waals surface area contributed by atoms with Crippen LogP contribution in [-0.4, -0.2) is 35.8 Å². The van der Waals surface area contributed by atoms with Gasteiger partial charge in [-0.3, -0.25) is 9.59 Å². The zero-order valence-corrected chi connectivity index (χ0v) is 19.7. The standard InChI is InChI=1S/C25H42N2O2/c1-15-14-19-25(6,13-11-20(28)27(19)7)17-10-12-24(5)16(21(15)17)8-9-18(24)26-22(29)23(2,3)4/h15-19,21H,8-14H2,1-7H3,(H,26,29)/t15?,16-,17+,18?,19?,21-,24-,25+/m0/s1. The second-order valence-electron chi connectivity index (χ2n) is 12.4. The average Bonchev–Trinajstić information content (AvgIpc) is 2.96. The average molecular weight is 403 g/mol. The summed E-state index contributed by atoms with van der Waals surface area (Å²) < 4.78 is 0. The molecule has 4 fully saturated rings. The molecule has 1 heterocycles. The number of piperidine rings is 1. The van der Waals surface area contributed by atoms with Gasteiger partial charge >= 0.3 is 0 Å². The molecule has 29 heavy (non-hydrogen) atoms. The van der Waals surface area contributed by atoms with E-state index in [1.165, 1.54) is 19.3 Å². The molecule has 3 aliphatic carbocycles.